The Morgan fingerprint density at radius 2 is 1.20 bits per heavy atom. The molecule has 0 unspecified atom stereocenters. The Morgan fingerprint density at radius 1 is 0.867 bits per heavy atom. The van der Waals surface area contributed by atoms with Gasteiger partial charge in [0.25, 0.3) is 0 Å². The van der Waals surface area contributed by atoms with Crippen LogP contribution in [0, 0.1) is 0 Å². The van der Waals surface area contributed by atoms with E-state index in [1.54, 1.807) is 0 Å². The van der Waals surface area contributed by atoms with E-state index < -0.39 is 5.97 Å². The molecule has 0 amide bonds. The minimum Gasteiger partial charge on any atom is -0.465 e. The molecule has 7 heteroatoms. The summed E-state index contributed by atoms with van der Waals surface area (Å²) in [6.07, 6.45) is 0. The predicted molar refractivity (Wildman–Crippen MR) is 62.8 cm³/mol. The van der Waals surface area contributed by atoms with E-state index in [0.717, 1.165) is 0 Å². The van der Waals surface area contributed by atoms with Crippen molar-refractivity contribution in [3.05, 3.63) is 30.7 Å². The summed E-state index contributed by atoms with van der Waals surface area (Å²) in [5, 5.41) is -0.229. The molecule has 0 bridgehead atoms. The van der Waals surface area contributed by atoms with Crippen LogP contribution in [-0.4, -0.2) is 13.1 Å². The third kappa shape index (κ3) is 2.29. The molecule has 0 aliphatic heterocycles. The molecule has 1 aromatic carbocycles. The highest BCUT2D eigenvalue weighted by Crippen LogP contribution is 2.43. The quantitative estimate of drug-likeness (QED) is 0.425. The van der Waals surface area contributed by atoms with Crippen molar-refractivity contribution in [2.24, 2.45) is 0 Å². The number of methoxy groups -OCH3 is 1. The molecule has 0 saturated heterocycles. The van der Waals surface area contributed by atoms with Gasteiger partial charge in [0.1, 0.15) is 0 Å². The zero-order valence-corrected chi connectivity index (χ0v) is 11.0. The fraction of sp³-hybridized carbons (Fsp3) is 0.125. The number of halogens is 5. The predicted octanol–water partition coefficient (Wildman–Crippen LogP) is 4.74. The van der Waals surface area contributed by atoms with Crippen molar-refractivity contribution in [1.29, 1.82) is 0 Å². The van der Waals surface area contributed by atoms with Crippen LogP contribution in [0.3, 0.4) is 0 Å². The fourth-order valence-corrected chi connectivity index (χ4v) is 2.18. The van der Waals surface area contributed by atoms with Gasteiger partial charge >= 0.3 is 5.97 Å². The first-order chi connectivity index (χ1) is 6.91. The summed E-state index contributed by atoms with van der Waals surface area (Å²) in [6, 6.07) is 0. The zero-order valence-electron chi connectivity index (χ0n) is 7.21. The number of rotatable bonds is 1. The van der Waals surface area contributed by atoms with E-state index in [1.165, 1.54) is 7.11 Å². The lowest BCUT2D eigenvalue weighted by Gasteiger charge is -2.10. The first-order valence-corrected chi connectivity index (χ1v) is 5.40. The van der Waals surface area contributed by atoms with E-state index in [1.807, 2.05) is 0 Å². The molecule has 0 radical (unpaired) electrons. The lowest BCUT2D eigenvalue weighted by Crippen LogP contribution is -2.04. The molecule has 0 spiro atoms. The smallest absolute Gasteiger partial charge is 0.341 e. The SMILES string of the molecule is COC(=O)c1c(Cl)c(Cl)c(Cl)c(Cl)c1Cl. The van der Waals surface area contributed by atoms with Gasteiger partial charge in [-0.1, -0.05) is 58.0 Å². The molecular weight excluding hydrogens is 305 g/mol. The van der Waals surface area contributed by atoms with Crippen LogP contribution >= 0.6 is 58.0 Å². The van der Waals surface area contributed by atoms with Crippen LogP contribution in [0.1, 0.15) is 10.4 Å². The van der Waals surface area contributed by atoms with Crippen LogP contribution in [0.2, 0.25) is 25.1 Å². The van der Waals surface area contributed by atoms with Gasteiger partial charge in [-0.05, 0) is 0 Å². The highest BCUT2D eigenvalue weighted by molar-refractivity contribution is 6.56. The number of esters is 1. The average molecular weight is 308 g/mol. The van der Waals surface area contributed by atoms with Gasteiger partial charge in [-0.15, -0.1) is 0 Å². The molecule has 1 aromatic rings. The number of hydrogen-bond acceptors (Lipinski definition) is 2. The highest BCUT2D eigenvalue weighted by Gasteiger charge is 2.24. The Hall–Kier alpha value is 0.140. The topological polar surface area (TPSA) is 26.3 Å². The number of ether oxygens (including phenoxy) is 1. The second-order valence-corrected chi connectivity index (χ2v) is 4.33. The van der Waals surface area contributed by atoms with Crippen LogP contribution in [-0.2, 0) is 4.74 Å². The lowest BCUT2D eigenvalue weighted by molar-refractivity contribution is 0.0601. The lowest BCUT2D eigenvalue weighted by atomic mass is 10.2. The Balaban J connectivity index is 3.60. The van der Waals surface area contributed by atoms with E-state index in [0.29, 0.717) is 0 Å². The minimum absolute atomic E-state index is 0.000913. The van der Waals surface area contributed by atoms with Gasteiger partial charge in [-0.3, -0.25) is 0 Å². The van der Waals surface area contributed by atoms with Crippen LogP contribution in [0.4, 0.5) is 0 Å². The minimum atomic E-state index is -0.731. The molecule has 0 aromatic heterocycles. The maximum Gasteiger partial charge on any atom is 0.341 e. The molecule has 0 fully saturated rings. The number of carbonyl (C=O) groups excluding carboxylic acids is 1. The molecule has 0 heterocycles. The van der Waals surface area contributed by atoms with Crippen molar-refractivity contribution >= 4 is 64.0 Å². The van der Waals surface area contributed by atoms with E-state index in [9.17, 15) is 4.79 Å². The van der Waals surface area contributed by atoms with Crippen LogP contribution in [0.5, 0.6) is 0 Å². The molecule has 15 heavy (non-hydrogen) atoms. The first kappa shape index (κ1) is 13.2. The third-order valence-corrected chi connectivity index (χ3v) is 3.88. The summed E-state index contributed by atoms with van der Waals surface area (Å²) in [5.41, 5.74) is -0.0970. The van der Waals surface area contributed by atoms with Crippen molar-refractivity contribution in [2.75, 3.05) is 7.11 Å². The second-order valence-electron chi connectivity index (χ2n) is 2.44. The Morgan fingerprint density at radius 3 is 1.53 bits per heavy atom. The molecule has 0 N–H and O–H groups in total. The molecule has 82 valence electrons. The van der Waals surface area contributed by atoms with E-state index >= 15 is 0 Å². The number of benzene rings is 1. The maximum atomic E-state index is 11.3. The monoisotopic (exact) mass is 306 g/mol. The summed E-state index contributed by atoms with van der Waals surface area (Å²) in [7, 11) is 1.19. The first-order valence-electron chi connectivity index (χ1n) is 3.51. The molecule has 0 aliphatic carbocycles. The fourth-order valence-electron chi connectivity index (χ4n) is 0.886. The van der Waals surface area contributed by atoms with E-state index in [2.05, 4.69) is 4.74 Å². The van der Waals surface area contributed by atoms with E-state index in [4.69, 9.17) is 58.0 Å². The summed E-state index contributed by atoms with van der Waals surface area (Å²) >= 11 is 28.8. The largest absolute Gasteiger partial charge is 0.465 e. The van der Waals surface area contributed by atoms with Crippen LogP contribution in [0.25, 0.3) is 0 Å². The van der Waals surface area contributed by atoms with Gasteiger partial charge in [0.2, 0.25) is 0 Å². The summed E-state index contributed by atoms with van der Waals surface area (Å²) in [5.74, 6) is -0.731. The van der Waals surface area contributed by atoms with Gasteiger partial charge < -0.3 is 4.74 Å². The van der Waals surface area contributed by atoms with E-state index in [-0.39, 0.29) is 30.7 Å². The van der Waals surface area contributed by atoms with Gasteiger partial charge in [-0.2, -0.15) is 0 Å². The Labute approximate surface area is 111 Å². The van der Waals surface area contributed by atoms with Gasteiger partial charge in [0.15, 0.2) is 0 Å². The third-order valence-electron chi connectivity index (χ3n) is 1.60. The molecule has 0 atom stereocenters. The van der Waals surface area contributed by atoms with Crippen molar-refractivity contribution in [3.63, 3.8) is 0 Å². The normalized spacial score (nSPS) is 10.3. The van der Waals surface area contributed by atoms with Crippen molar-refractivity contribution in [2.45, 2.75) is 0 Å². The van der Waals surface area contributed by atoms with Crippen LogP contribution < -0.4 is 0 Å². The summed E-state index contributed by atoms with van der Waals surface area (Å²) < 4.78 is 4.48. The average Bonchev–Trinajstić information content (AvgIpc) is 2.23. The van der Waals surface area contributed by atoms with Gasteiger partial charge in [-0.25, -0.2) is 4.79 Å². The second kappa shape index (κ2) is 4.98. The van der Waals surface area contributed by atoms with Crippen molar-refractivity contribution in [3.8, 4) is 0 Å². The molecule has 1 rings (SSSR count). The van der Waals surface area contributed by atoms with Crippen LogP contribution in [0.15, 0.2) is 0 Å². The van der Waals surface area contributed by atoms with Gasteiger partial charge in [0, 0.05) is 0 Å². The molecular formula is C8H3Cl5O2. The zero-order chi connectivity index (χ0) is 11.7. The van der Waals surface area contributed by atoms with Gasteiger partial charge in [0.05, 0.1) is 37.8 Å². The number of carbonyl (C=O) groups is 1. The Bertz CT molecular complexity index is 401. The number of hydrogen-bond donors (Lipinski definition) is 0. The summed E-state index contributed by atoms with van der Waals surface area (Å²) in [6.45, 7) is 0. The standard InChI is InChI=1S/C8H3Cl5O2/c1-15-8(14)2-3(9)5(11)7(13)6(12)4(2)10/h1H3. The Kier molecular flexibility index (Phi) is 4.38. The molecule has 0 saturated carbocycles. The maximum absolute atomic E-state index is 11.3. The highest BCUT2D eigenvalue weighted by atomic mass is 35.5. The summed E-state index contributed by atoms with van der Waals surface area (Å²) in [4.78, 5) is 11.3. The van der Waals surface area contributed by atoms with Crippen molar-refractivity contribution in [1.82, 2.24) is 0 Å². The molecule has 0 aliphatic rings. The van der Waals surface area contributed by atoms with Crippen molar-refractivity contribution < 1.29 is 9.53 Å². The molecule has 2 nitrogen and oxygen atoms in total.